The number of nitrogens with one attached hydrogen (secondary N) is 1. The molecule has 12 heteroatoms. The second kappa shape index (κ2) is 11.6. The Morgan fingerprint density at radius 3 is 2.48 bits per heavy atom. The van der Waals surface area contributed by atoms with E-state index in [4.69, 9.17) is 9.47 Å². The van der Waals surface area contributed by atoms with Crippen molar-refractivity contribution in [2.75, 3.05) is 37.3 Å². The number of benzene rings is 1. The summed E-state index contributed by atoms with van der Waals surface area (Å²) in [4.78, 5) is 45.1. The van der Waals surface area contributed by atoms with Gasteiger partial charge in [0.1, 0.15) is 11.4 Å². The van der Waals surface area contributed by atoms with Crippen LogP contribution < -0.4 is 14.4 Å². The van der Waals surface area contributed by atoms with Crippen LogP contribution in [0.1, 0.15) is 77.2 Å². The molecule has 2 aliphatic heterocycles. The number of fused-ring (bicyclic) bond motifs is 1. The first-order valence-corrected chi connectivity index (χ1v) is 15.6. The molecule has 0 bridgehead atoms. The van der Waals surface area contributed by atoms with Gasteiger partial charge in [-0.15, -0.1) is 0 Å². The summed E-state index contributed by atoms with van der Waals surface area (Å²) in [6.45, 7) is 15.5. The number of likely N-dealkylation sites (tertiary alicyclic amines) is 1. The number of piperidine rings is 1. The van der Waals surface area contributed by atoms with Gasteiger partial charge in [-0.1, -0.05) is 0 Å². The van der Waals surface area contributed by atoms with Crippen molar-refractivity contribution >= 4 is 33.6 Å². The first-order valence-electron chi connectivity index (χ1n) is 13.7. The Kier molecular flexibility index (Phi) is 9.15. The monoisotopic (exact) mass is 580 g/mol. The van der Waals surface area contributed by atoms with Crippen molar-refractivity contribution < 1.29 is 32.3 Å². The van der Waals surface area contributed by atoms with Gasteiger partial charge in [0.25, 0.3) is 11.8 Å². The lowest BCUT2D eigenvalue weighted by molar-refractivity contribution is -0.132. The minimum atomic E-state index is -3.45. The molecule has 2 heterocycles. The van der Waals surface area contributed by atoms with Crippen LogP contribution in [0.4, 0.5) is 10.5 Å². The summed E-state index contributed by atoms with van der Waals surface area (Å²) in [6.07, 6.45) is 2.14. The van der Waals surface area contributed by atoms with E-state index in [9.17, 15) is 22.8 Å². The molecule has 40 heavy (non-hydrogen) atoms. The van der Waals surface area contributed by atoms with Crippen molar-refractivity contribution in [1.82, 2.24) is 14.5 Å². The fourth-order valence-electron chi connectivity index (χ4n) is 5.15. The van der Waals surface area contributed by atoms with Gasteiger partial charge in [0.15, 0.2) is 5.60 Å². The first kappa shape index (κ1) is 31.7. The van der Waals surface area contributed by atoms with Gasteiger partial charge in [-0.25, -0.2) is 17.9 Å². The van der Waals surface area contributed by atoms with E-state index in [0.29, 0.717) is 35.7 Å². The summed E-state index contributed by atoms with van der Waals surface area (Å²) in [5.41, 5.74) is -0.258. The molecule has 224 valence electrons. The average molecular weight is 581 g/mol. The molecule has 3 amide bonds. The number of sulfonamides is 1. The van der Waals surface area contributed by atoms with Crippen LogP contribution in [0.3, 0.4) is 0 Å². The molecule has 0 unspecified atom stereocenters. The van der Waals surface area contributed by atoms with E-state index in [-0.39, 0.29) is 37.0 Å². The maximum Gasteiger partial charge on any atom is 0.410 e. The van der Waals surface area contributed by atoms with Crippen LogP contribution in [-0.2, 0) is 19.6 Å². The standard InChI is InChI=1S/C28H44N4O7S/c1-18(2)32(20-11-10-13-30(17-20)26(35)39-27(4,5)6)24(33)21-16-22-23(15-19(21)3)38-28(7,8)25(34)31(22)14-12-29-40(9,36)37/h15-16,18,20,29H,10-14,17H2,1-9H3/t20-/m1/s1. The molecule has 0 aromatic heterocycles. The molecule has 1 aromatic rings. The largest absolute Gasteiger partial charge is 0.476 e. The average Bonchev–Trinajstić information content (AvgIpc) is 2.79. The van der Waals surface area contributed by atoms with Gasteiger partial charge in [0, 0.05) is 37.8 Å². The Bertz CT molecular complexity index is 1250. The van der Waals surface area contributed by atoms with Crippen molar-refractivity contribution in [3.05, 3.63) is 23.3 Å². The lowest BCUT2D eigenvalue weighted by Crippen LogP contribution is -2.55. The van der Waals surface area contributed by atoms with Crippen molar-refractivity contribution in [2.24, 2.45) is 0 Å². The number of anilines is 1. The maximum absolute atomic E-state index is 14.1. The highest BCUT2D eigenvalue weighted by atomic mass is 32.2. The third-order valence-electron chi connectivity index (χ3n) is 6.88. The predicted molar refractivity (Wildman–Crippen MR) is 153 cm³/mol. The van der Waals surface area contributed by atoms with Crippen molar-refractivity contribution in [1.29, 1.82) is 0 Å². The maximum atomic E-state index is 14.1. The molecule has 11 nitrogen and oxygen atoms in total. The van der Waals surface area contributed by atoms with Gasteiger partial charge in [0.2, 0.25) is 10.0 Å². The van der Waals surface area contributed by atoms with E-state index in [0.717, 1.165) is 19.1 Å². The summed E-state index contributed by atoms with van der Waals surface area (Å²) in [5, 5.41) is 0. The minimum absolute atomic E-state index is 0.0118. The Balaban J connectivity index is 1.94. The third kappa shape index (κ3) is 7.45. The predicted octanol–water partition coefficient (Wildman–Crippen LogP) is 3.30. The number of hydrogen-bond donors (Lipinski definition) is 1. The summed E-state index contributed by atoms with van der Waals surface area (Å²) >= 11 is 0. The molecule has 0 aliphatic carbocycles. The van der Waals surface area contributed by atoms with Gasteiger partial charge in [-0.2, -0.15) is 0 Å². The number of amides is 3. The number of aryl methyl sites for hydroxylation is 1. The summed E-state index contributed by atoms with van der Waals surface area (Å²) in [6, 6.07) is 3.04. The molecular weight excluding hydrogens is 536 g/mol. The van der Waals surface area contributed by atoms with E-state index in [1.54, 1.807) is 35.8 Å². The summed E-state index contributed by atoms with van der Waals surface area (Å²) < 4.78 is 37.2. The van der Waals surface area contributed by atoms with Gasteiger partial charge in [0.05, 0.1) is 18.0 Å². The first-order chi connectivity index (χ1) is 18.3. The molecule has 0 radical (unpaired) electrons. The van der Waals surface area contributed by atoms with Crippen molar-refractivity contribution in [3.8, 4) is 5.75 Å². The van der Waals surface area contributed by atoms with Gasteiger partial charge >= 0.3 is 6.09 Å². The van der Waals surface area contributed by atoms with Crippen LogP contribution in [0, 0.1) is 6.92 Å². The number of ether oxygens (including phenoxy) is 2. The number of carbonyl (C=O) groups excluding carboxylic acids is 3. The second-order valence-electron chi connectivity index (χ2n) is 12.4. The Morgan fingerprint density at radius 1 is 1.25 bits per heavy atom. The molecule has 1 atom stereocenters. The van der Waals surface area contributed by atoms with E-state index >= 15 is 0 Å². The molecule has 1 N–H and O–H groups in total. The molecule has 1 fully saturated rings. The third-order valence-corrected chi connectivity index (χ3v) is 7.61. The van der Waals surface area contributed by atoms with E-state index in [1.165, 1.54) is 4.90 Å². The number of nitrogens with zero attached hydrogens (tertiary/aromatic N) is 3. The zero-order valence-electron chi connectivity index (χ0n) is 25.2. The number of rotatable bonds is 7. The smallest absolute Gasteiger partial charge is 0.410 e. The van der Waals surface area contributed by atoms with Crippen LogP contribution in [0.15, 0.2) is 12.1 Å². The van der Waals surface area contributed by atoms with Crippen molar-refractivity contribution in [2.45, 2.75) is 91.5 Å². The Morgan fingerprint density at radius 2 is 1.90 bits per heavy atom. The summed E-state index contributed by atoms with van der Waals surface area (Å²) in [5.74, 6) is -0.0979. The van der Waals surface area contributed by atoms with Gasteiger partial charge in [-0.3, -0.25) is 9.59 Å². The van der Waals surface area contributed by atoms with Crippen molar-refractivity contribution in [3.63, 3.8) is 0 Å². The fourth-order valence-corrected chi connectivity index (χ4v) is 5.61. The normalized spacial score (nSPS) is 19.2. The number of hydrogen-bond acceptors (Lipinski definition) is 7. The highest BCUT2D eigenvalue weighted by Gasteiger charge is 2.42. The molecule has 0 spiro atoms. The fraction of sp³-hybridized carbons (Fsp3) is 0.679. The Labute approximate surface area is 238 Å². The highest BCUT2D eigenvalue weighted by Crippen LogP contribution is 2.40. The highest BCUT2D eigenvalue weighted by molar-refractivity contribution is 7.88. The van der Waals surface area contributed by atoms with E-state index < -0.39 is 27.3 Å². The molecule has 1 saturated heterocycles. The minimum Gasteiger partial charge on any atom is -0.476 e. The molecule has 3 rings (SSSR count). The van der Waals surface area contributed by atoms with Crippen LogP contribution in [0.2, 0.25) is 0 Å². The summed E-state index contributed by atoms with van der Waals surface area (Å²) in [7, 11) is -3.45. The van der Waals surface area contributed by atoms with E-state index in [2.05, 4.69) is 4.72 Å². The second-order valence-corrected chi connectivity index (χ2v) is 14.2. The van der Waals surface area contributed by atoms with E-state index in [1.807, 2.05) is 41.5 Å². The molecule has 0 saturated carbocycles. The number of carbonyl (C=O) groups is 3. The van der Waals surface area contributed by atoms with Crippen LogP contribution in [0.5, 0.6) is 5.75 Å². The molecular formula is C28H44N4O7S. The zero-order valence-corrected chi connectivity index (χ0v) is 26.0. The lowest BCUT2D eigenvalue weighted by Gasteiger charge is -2.42. The van der Waals surface area contributed by atoms with Crippen LogP contribution in [-0.4, -0.2) is 91.8 Å². The quantitative estimate of drug-likeness (QED) is 0.525. The lowest BCUT2D eigenvalue weighted by atomic mass is 9.97. The van der Waals surface area contributed by atoms with Crippen LogP contribution >= 0.6 is 0 Å². The van der Waals surface area contributed by atoms with Gasteiger partial charge in [-0.05, 0) is 85.9 Å². The molecule has 2 aliphatic rings. The van der Waals surface area contributed by atoms with Gasteiger partial charge < -0.3 is 24.2 Å². The zero-order chi connectivity index (χ0) is 30.2. The topological polar surface area (TPSA) is 126 Å². The van der Waals surface area contributed by atoms with Crippen LogP contribution in [0.25, 0.3) is 0 Å². The molecule has 1 aromatic carbocycles. The Hall–Kier alpha value is -2.86. The SMILES string of the molecule is Cc1cc2c(cc1C(=O)N(C(C)C)[C@@H]1CCCN(C(=O)OC(C)(C)C)C1)N(CCNS(C)(=O)=O)C(=O)C(C)(C)O2.